The van der Waals surface area contributed by atoms with Crippen LogP contribution >= 0.6 is 0 Å². The molecule has 1 rings (SSSR count). The molecule has 0 atom stereocenters. The number of nitrogen functional groups attached to an aromatic ring is 1. The Kier molecular flexibility index (Phi) is 5.66. The highest BCUT2D eigenvalue weighted by Crippen LogP contribution is 2.18. The van der Waals surface area contributed by atoms with Gasteiger partial charge in [0.05, 0.1) is 6.61 Å². The van der Waals surface area contributed by atoms with Crippen molar-refractivity contribution in [2.45, 2.75) is 13.3 Å². The second-order valence-electron chi connectivity index (χ2n) is 3.90. The molecule has 1 aromatic carbocycles. The van der Waals surface area contributed by atoms with Crippen molar-refractivity contribution in [3.63, 3.8) is 0 Å². The molecule has 0 saturated heterocycles. The number of carbonyl (C=O) groups is 2. The van der Waals surface area contributed by atoms with Gasteiger partial charge < -0.3 is 21.1 Å². The molecule has 6 nitrogen and oxygen atoms in total. The number of hydrogen-bond acceptors (Lipinski definition) is 4. The number of ether oxygens (including phenoxy) is 1. The standard InChI is InChI=1S/C13H19N3O3/c1-3-19-11-7-9(6-10(14)8-11)13(18)16-5-4-12(17)15-2/h6-8H,3-5,14H2,1-2H3,(H,15,17)(H,16,18). The zero-order valence-corrected chi connectivity index (χ0v) is 11.2. The van der Waals surface area contributed by atoms with Crippen molar-refractivity contribution in [1.29, 1.82) is 0 Å². The van der Waals surface area contributed by atoms with Gasteiger partial charge in [-0.2, -0.15) is 0 Å². The van der Waals surface area contributed by atoms with Crippen molar-refractivity contribution in [2.75, 3.05) is 25.9 Å². The lowest BCUT2D eigenvalue weighted by molar-refractivity contribution is -0.120. The summed E-state index contributed by atoms with van der Waals surface area (Å²) in [5.41, 5.74) is 6.58. The minimum absolute atomic E-state index is 0.122. The number of anilines is 1. The highest BCUT2D eigenvalue weighted by atomic mass is 16.5. The van der Waals surface area contributed by atoms with Crippen LogP contribution in [0.5, 0.6) is 5.75 Å². The normalized spacial score (nSPS) is 9.79. The molecule has 0 aromatic heterocycles. The average Bonchev–Trinajstić information content (AvgIpc) is 2.38. The summed E-state index contributed by atoms with van der Waals surface area (Å²) < 4.78 is 5.31. The first kappa shape index (κ1) is 14.8. The summed E-state index contributed by atoms with van der Waals surface area (Å²) in [6, 6.07) is 4.84. The van der Waals surface area contributed by atoms with E-state index in [4.69, 9.17) is 10.5 Å². The van der Waals surface area contributed by atoms with Crippen LogP contribution < -0.4 is 21.1 Å². The van der Waals surface area contributed by atoms with Gasteiger partial charge in [0.15, 0.2) is 0 Å². The van der Waals surface area contributed by atoms with E-state index in [1.165, 1.54) is 0 Å². The summed E-state index contributed by atoms with van der Waals surface area (Å²) in [6.07, 6.45) is 0.239. The van der Waals surface area contributed by atoms with E-state index < -0.39 is 0 Å². The Labute approximate surface area is 112 Å². The number of nitrogens with two attached hydrogens (primary N) is 1. The molecule has 0 aliphatic heterocycles. The summed E-state index contributed by atoms with van der Waals surface area (Å²) in [5.74, 6) is 0.152. The van der Waals surface area contributed by atoms with Crippen LogP contribution in [-0.2, 0) is 4.79 Å². The predicted octanol–water partition coefficient (Wildman–Crippen LogP) is 0.533. The smallest absolute Gasteiger partial charge is 0.251 e. The molecular weight excluding hydrogens is 246 g/mol. The highest BCUT2D eigenvalue weighted by molar-refractivity contribution is 5.95. The van der Waals surface area contributed by atoms with Crippen molar-refractivity contribution in [3.8, 4) is 5.75 Å². The van der Waals surface area contributed by atoms with Crippen LogP contribution in [0.25, 0.3) is 0 Å². The molecule has 0 bridgehead atoms. The van der Waals surface area contributed by atoms with E-state index in [9.17, 15) is 9.59 Å². The van der Waals surface area contributed by atoms with E-state index in [1.807, 2.05) is 6.92 Å². The van der Waals surface area contributed by atoms with Crippen molar-refractivity contribution in [2.24, 2.45) is 0 Å². The van der Waals surface area contributed by atoms with Gasteiger partial charge in [-0.3, -0.25) is 9.59 Å². The summed E-state index contributed by atoms with van der Waals surface area (Å²) in [6.45, 7) is 2.63. The van der Waals surface area contributed by atoms with E-state index in [-0.39, 0.29) is 24.8 Å². The molecule has 0 aliphatic rings. The predicted molar refractivity (Wildman–Crippen MR) is 73.0 cm³/mol. The molecule has 0 unspecified atom stereocenters. The van der Waals surface area contributed by atoms with Gasteiger partial charge in [0.1, 0.15) is 5.75 Å². The number of benzene rings is 1. The van der Waals surface area contributed by atoms with Crippen LogP contribution in [0.15, 0.2) is 18.2 Å². The van der Waals surface area contributed by atoms with E-state index in [0.29, 0.717) is 23.6 Å². The van der Waals surface area contributed by atoms with Gasteiger partial charge in [0, 0.05) is 37.3 Å². The largest absolute Gasteiger partial charge is 0.494 e. The van der Waals surface area contributed by atoms with E-state index >= 15 is 0 Å². The summed E-state index contributed by atoms with van der Waals surface area (Å²) in [4.78, 5) is 22.9. The maximum atomic E-state index is 11.9. The van der Waals surface area contributed by atoms with Gasteiger partial charge >= 0.3 is 0 Å². The fourth-order valence-electron chi connectivity index (χ4n) is 1.52. The Hall–Kier alpha value is -2.24. The van der Waals surface area contributed by atoms with E-state index in [2.05, 4.69) is 10.6 Å². The lowest BCUT2D eigenvalue weighted by Gasteiger charge is -2.08. The monoisotopic (exact) mass is 265 g/mol. The molecule has 0 saturated carbocycles. The molecule has 0 aliphatic carbocycles. The maximum Gasteiger partial charge on any atom is 0.251 e. The summed E-state index contributed by atoms with van der Waals surface area (Å²) in [5, 5.41) is 5.13. The molecule has 104 valence electrons. The van der Waals surface area contributed by atoms with Crippen molar-refractivity contribution in [3.05, 3.63) is 23.8 Å². The number of amides is 2. The summed E-state index contributed by atoms with van der Waals surface area (Å²) >= 11 is 0. The first-order valence-electron chi connectivity index (χ1n) is 6.09. The van der Waals surface area contributed by atoms with Crippen LogP contribution in [0.1, 0.15) is 23.7 Å². The Morgan fingerprint density at radius 3 is 2.68 bits per heavy atom. The van der Waals surface area contributed by atoms with Crippen molar-refractivity contribution >= 4 is 17.5 Å². The Balaban J connectivity index is 2.63. The van der Waals surface area contributed by atoms with E-state index in [0.717, 1.165) is 0 Å². The molecule has 1 aromatic rings. The molecule has 19 heavy (non-hydrogen) atoms. The first-order chi connectivity index (χ1) is 9.06. The fraction of sp³-hybridized carbons (Fsp3) is 0.385. The van der Waals surface area contributed by atoms with Gasteiger partial charge in [-0.05, 0) is 19.1 Å². The van der Waals surface area contributed by atoms with Gasteiger partial charge in [-0.25, -0.2) is 0 Å². The molecule has 6 heteroatoms. The van der Waals surface area contributed by atoms with Crippen LogP contribution in [-0.4, -0.2) is 32.0 Å². The molecule has 0 radical (unpaired) electrons. The van der Waals surface area contributed by atoms with Crippen LogP contribution in [0.4, 0.5) is 5.69 Å². The number of rotatable bonds is 6. The average molecular weight is 265 g/mol. The minimum Gasteiger partial charge on any atom is -0.494 e. The van der Waals surface area contributed by atoms with Crippen LogP contribution in [0, 0.1) is 0 Å². The molecule has 4 N–H and O–H groups in total. The third-order valence-corrected chi connectivity index (χ3v) is 2.42. The molecule has 0 fully saturated rings. The van der Waals surface area contributed by atoms with Gasteiger partial charge in [0.2, 0.25) is 5.91 Å². The third-order valence-electron chi connectivity index (χ3n) is 2.42. The van der Waals surface area contributed by atoms with Crippen molar-refractivity contribution < 1.29 is 14.3 Å². The Morgan fingerprint density at radius 1 is 1.32 bits per heavy atom. The maximum absolute atomic E-state index is 11.9. The number of nitrogens with one attached hydrogen (secondary N) is 2. The lowest BCUT2D eigenvalue weighted by atomic mass is 10.1. The fourth-order valence-corrected chi connectivity index (χ4v) is 1.52. The second-order valence-corrected chi connectivity index (χ2v) is 3.90. The second kappa shape index (κ2) is 7.25. The highest BCUT2D eigenvalue weighted by Gasteiger charge is 2.09. The minimum atomic E-state index is -0.280. The zero-order chi connectivity index (χ0) is 14.3. The molecule has 0 heterocycles. The van der Waals surface area contributed by atoms with Crippen LogP contribution in [0.2, 0.25) is 0 Å². The quantitative estimate of drug-likeness (QED) is 0.654. The Bertz CT molecular complexity index is 460. The third kappa shape index (κ3) is 4.87. The Morgan fingerprint density at radius 2 is 2.05 bits per heavy atom. The number of hydrogen-bond donors (Lipinski definition) is 3. The lowest BCUT2D eigenvalue weighted by Crippen LogP contribution is -2.29. The molecular formula is C13H19N3O3. The number of carbonyl (C=O) groups excluding carboxylic acids is 2. The van der Waals surface area contributed by atoms with Gasteiger partial charge in [-0.1, -0.05) is 0 Å². The van der Waals surface area contributed by atoms with E-state index in [1.54, 1.807) is 25.2 Å². The van der Waals surface area contributed by atoms with Crippen LogP contribution in [0.3, 0.4) is 0 Å². The first-order valence-corrected chi connectivity index (χ1v) is 6.09. The van der Waals surface area contributed by atoms with Gasteiger partial charge in [-0.15, -0.1) is 0 Å². The summed E-state index contributed by atoms with van der Waals surface area (Å²) in [7, 11) is 1.55. The zero-order valence-electron chi connectivity index (χ0n) is 11.2. The van der Waals surface area contributed by atoms with Gasteiger partial charge in [0.25, 0.3) is 5.91 Å². The molecule has 2 amide bonds. The molecule has 0 spiro atoms. The van der Waals surface area contributed by atoms with Crippen molar-refractivity contribution in [1.82, 2.24) is 10.6 Å². The topological polar surface area (TPSA) is 93.4 Å². The SMILES string of the molecule is CCOc1cc(N)cc(C(=O)NCCC(=O)NC)c1.